The predicted octanol–water partition coefficient (Wildman–Crippen LogP) is 7.34. The van der Waals surface area contributed by atoms with E-state index in [2.05, 4.69) is 57.9 Å². The van der Waals surface area contributed by atoms with E-state index in [4.69, 9.17) is 4.74 Å². The molecule has 0 aliphatic carbocycles. The second-order valence-corrected chi connectivity index (χ2v) is 9.73. The molecule has 1 aliphatic heterocycles. The zero-order valence-corrected chi connectivity index (χ0v) is 26.0. The topological polar surface area (TPSA) is 78.0 Å². The van der Waals surface area contributed by atoms with Gasteiger partial charge in [-0.1, -0.05) is 65.2 Å². The number of esters is 1. The van der Waals surface area contributed by atoms with Gasteiger partial charge in [0.25, 0.3) is 0 Å². The first kappa shape index (κ1) is 35.1. The molecule has 2 aromatic carbocycles. The Bertz CT molecular complexity index is 923. The summed E-state index contributed by atoms with van der Waals surface area (Å²) in [4.78, 5) is 18.5. The van der Waals surface area contributed by atoms with Gasteiger partial charge in [0, 0.05) is 13.6 Å². The lowest BCUT2D eigenvalue weighted by atomic mass is 10.1. The summed E-state index contributed by atoms with van der Waals surface area (Å²) < 4.78 is 4.72. The summed E-state index contributed by atoms with van der Waals surface area (Å²) in [6, 6.07) is 13.8. The molecule has 0 atom stereocenters. The minimum Gasteiger partial charge on any atom is -0.465 e. The third-order valence-electron chi connectivity index (χ3n) is 6.58. The fourth-order valence-corrected chi connectivity index (χ4v) is 4.25. The number of hydrogen-bond acceptors (Lipinski definition) is 6. The molecule has 3 N–H and O–H groups in total. The summed E-state index contributed by atoms with van der Waals surface area (Å²) >= 11 is 0. The summed E-state index contributed by atoms with van der Waals surface area (Å²) in [5.41, 5.74) is 4.94. The number of carbonyl (C=O) groups excluding carboxylic acids is 1. The lowest BCUT2D eigenvalue weighted by Crippen LogP contribution is -2.25. The lowest BCUT2D eigenvalue weighted by Gasteiger charge is -2.22. The average molecular weight is 554 g/mol. The molecule has 0 saturated carbocycles. The van der Waals surface area contributed by atoms with Crippen molar-refractivity contribution in [1.82, 2.24) is 10.2 Å². The Morgan fingerprint density at radius 3 is 2.08 bits per heavy atom. The van der Waals surface area contributed by atoms with Crippen molar-refractivity contribution in [3.05, 3.63) is 59.2 Å². The standard InChI is InChI=1S/C26H38N4O2.C5H11N.C2H6/c1-5-7-15-30(16-8-6-2)19-22-11-14-24(25(17-22)27-3)29-20-28-18-21-9-12-23(13-10-21)26(31)32-4;1-2-4-6-5-3-1;1-2/h9-14,17,20,27H,5-8,15-16,18-19H2,1-4H3,(H,28,29);6H,1-5H2;1-2H3. The van der Waals surface area contributed by atoms with Crippen LogP contribution in [0.15, 0.2) is 47.5 Å². The van der Waals surface area contributed by atoms with Gasteiger partial charge in [-0.2, -0.15) is 0 Å². The monoisotopic (exact) mass is 553 g/mol. The van der Waals surface area contributed by atoms with Crippen LogP contribution in [0, 0.1) is 0 Å². The van der Waals surface area contributed by atoms with Crippen LogP contribution in [0.2, 0.25) is 0 Å². The summed E-state index contributed by atoms with van der Waals surface area (Å²) in [5.74, 6) is -0.330. The molecule has 2 aromatic rings. The number of piperidine rings is 1. The summed E-state index contributed by atoms with van der Waals surface area (Å²) in [6.45, 7) is 14.8. The van der Waals surface area contributed by atoms with Gasteiger partial charge in [-0.3, -0.25) is 9.89 Å². The van der Waals surface area contributed by atoms with Gasteiger partial charge in [0.05, 0.1) is 36.9 Å². The number of nitrogens with one attached hydrogen (secondary N) is 3. The highest BCUT2D eigenvalue weighted by Crippen LogP contribution is 2.23. The first-order valence-electron chi connectivity index (χ1n) is 15.3. The van der Waals surface area contributed by atoms with Crippen LogP contribution < -0.4 is 16.0 Å². The Hall–Kier alpha value is -2.90. The maximum absolute atomic E-state index is 11.5. The van der Waals surface area contributed by atoms with Crippen LogP contribution in [-0.4, -0.2) is 57.5 Å². The summed E-state index contributed by atoms with van der Waals surface area (Å²) in [7, 11) is 3.32. The quantitative estimate of drug-likeness (QED) is 0.129. The number of rotatable bonds is 14. The Morgan fingerprint density at radius 1 is 0.950 bits per heavy atom. The summed E-state index contributed by atoms with van der Waals surface area (Å²) in [5, 5.41) is 9.86. The van der Waals surface area contributed by atoms with Crippen LogP contribution in [0.3, 0.4) is 0 Å². The minimum atomic E-state index is -0.330. The van der Waals surface area contributed by atoms with Gasteiger partial charge in [-0.05, 0) is 87.3 Å². The van der Waals surface area contributed by atoms with Crippen LogP contribution in [0.1, 0.15) is 94.1 Å². The van der Waals surface area contributed by atoms with E-state index in [1.807, 2.05) is 33.0 Å². The lowest BCUT2D eigenvalue weighted by molar-refractivity contribution is 0.0600. The van der Waals surface area contributed by atoms with E-state index in [-0.39, 0.29) is 5.97 Å². The van der Waals surface area contributed by atoms with E-state index in [9.17, 15) is 4.79 Å². The van der Waals surface area contributed by atoms with Crippen LogP contribution >= 0.6 is 0 Å². The van der Waals surface area contributed by atoms with Gasteiger partial charge in [-0.25, -0.2) is 4.79 Å². The number of nitrogens with zero attached hydrogens (tertiary/aromatic N) is 2. The second-order valence-electron chi connectivity index (χ2n) is 9.73. The number of carbonyl (C=O) groups is 1. The molecule has 1 aliphatic rings. The molecule has 0 unspecified atom stereocenters. The van der Waals surface area contributed by atoms with Gasteiger partial charge in [-0.15, -0.1) is 0 Å². The van der Waals surface area contributed by atoms with Gasteiger partial charge in [0.2, 0.25) is 0 Å². The first-order chi connectivity index (χ1) is 19.6. The number of aliphatic imine (C=N–C) groups is 1. The maximum atomic E-state index is 11.5. The number of unbranched alkanes of at least 4 members (excludes halogenated alkanes) is 2. The van der Waals surface area contributed by atoms with Crippen molar-refractivity contribution in [3.63, 3.8) is 0 Å². The fourth-order valence-electron chi connectivity index (χ4n) is 4.25. The van der Waals surface area contributed by atoms with Gasteiger partial charge in [0.15, 0.2) is 0 Å². The smallest absolute Gasteiger partial charge is 0.337 e. The van der Waals surface area contributed by atoms with Crippen molar-refractivity contribution in [3.8, 4) is 0 Å². The SMILES string of the molecule is C1CCNCC1.CC.CCCCN(CCCC)Cc1ccc(NC=NCc2ccc(C(=O)OC)cc2)c(NC)c1. The first-order valence-corrected chi connectivity index (χ1v) is 15.3. The molecule has 3 rings (SSSR count). The van der Waals surface area contributed by atoms with E-state index in [0.29, 0.717) is 12.1 Å². The third-order valence-corrected chi connectivity index (χ3v) is 6.58. The van der Waals surface area contributed by atoms with Crippen molar-refractivity contribution >= 4 is 23.7 Å². The third kappa shape index (κ3) is 14.5. The van der Waals surface area contributed by atoms with Crippen molar-refractivity contribution in [2.75, 3.05) is 51.0 Å². The molecular formula is C33H55N5O2. The number of ether oxygens (including phenoxy) is 1. The minimum absolute atomic E-state index is 0.330. The van der Waals surface area contributed by atoms with Crippen LogP contribution in [0.5, 0.6) is 0 Å². The van der Waals surface area contributed by atoms with Gasteiger partial charge in [0.1, 0.15) is 0 Å². The van der Waals surface area contributed by atoms with E-state index < -0.39 is 0 Å². The van der Waals surface area contributed by atoms with Gasteiger partial charge >= 0.3 is 5.97 Å². The Kier molecular flexibility index (Phi) is 20.1. The Balaban J connectivity index is 0.000000866. The molecule has 0 spiro atoms. The number of hydrogen-bond donors (Lipinski definition) is 3. The molecule has 0 amide bonds. The van der Waals surface area contributed by atoms with Crippen LogP contribution in [0.4, 0.5) is 11.4 Å². The molecule has 1 fully saturated rings. The normalized spacial score (nSPS) is 12.7. The van der Waals surface area contributed by atoms with Crippen LogP contribution in [0.25, 0.3) is 0 Å². The molecule has 0 bridgehead atoms. The van der Waals surface area contributed by atoms with E-state index in [1.165, 1.54) is 70.7 Å². The molecule has 224 valence electrons. The average Bonchev–Trinajstić information content (AvgIpc) is 3.03. The predicted molar refractivity (Wildman–Crippen MR) is 173 cm³/mol. The van der Waals surface area contributed by atoms with E-state index >= 15 is 0 Å². The van der Waals surface area contributed by atoms with Crippen molar-refractivity contribution in [2.45, 2.75) is 85.7 Å². The molecule has 1 heterocycles. The highest BCUT2D eigenvalue weighted by atomic mass is 16.5. The molecule has 7 nitrogen and oxygen atoms in total. The molecule has 1 saturated heterocycles. The van der Waals surface area contributed by atoms with Crippen LogP contribution in [-0.2, 0) is 17.8 Å². The highest BCUT2D eigenvalue weighted by molar-refractivity contribution is 5.89. The molecule has 0 aromatic heterocycles. The number of anilines is 2. The van der Waals surface area contributed by atoms with E-state index in [0.717, 1.165) is 36.6 Å². The van der Waals surface area contributed by atoms with Crippen molar-refractivity contribution < 1.29 is 9.53 Å². The largest absolute Gasteiger partial charge is 0.465 e. The zero-order valence-electron chi connectivity index (χ0n) is 26.0. The fraction of sp³-hybridized carbons (Fsp3) is 0.576. The van der Waals surface area contributed by atoms with Crippen molar-refractivity contribution in [1.29, 1.82) is 0 Å². The second kappa shape index (κ2) is 22.9. The molecular weight excluding hydrogens is 498 g/mol. The molecule has 7 heteroatoms. The van der Waals surface area contributed by atoms with E-state index in [1.54, 1.807) is 18.5 Å². The number of benzene rings is 2. The Labute approximate surface area is 244 Å². The zero-order chi connectivity index (χ0) is 29.4. The van der Waals surface area contributed by atoms with Gasteiger partial charge < -0.3 is 20.7 Å². The Morgan fingerprint density at radius 2 is 1.57 bits per heavy atom. The van der Waals surface area contributed by atoms with Crippen molar-refractivity contribution in [2.24, 2.45) is 4.99 Å². The number of methoxy groups -OCH3 is 1. The summed E-state index contributed by atoms with van der Waals surface area (Å²) in [6.07, 6.45) is 10.9. The highest BCUT2D eigenvalue weighted by Gasteiger charge is 2.08. The molecule has 0 radical (unpaired) electrons. The molecule has 40 heavy (non-hydrogen) atoms. The maximum Gasteiger partial charge on any atom is 0.337 e.